The van der Waals surface area contributed by atoms with Crippen LogP contribution in [0.3, 0.4) is 0 Å². The maximum Gasteiger partial charge on any atom is 0.356 e. The molecule has 0 aliphatic heterocycles. The van der Waals surface area contributed by atoms with Gasteiger partial charge in [-0.3, -0.25) is 0 Å². The normalized spacial score (nSPS) is 10.7. The Hall–Kier alpha value is -2.88. The van der Waals surface area contributed by atoms with E-state index < -0.39 is 5.97 Å². The van der Waals surface area contributed by atoms with Crippen LogP contribution in [0.5, 0.6) is 0 Å². The molecule has 1 aromatic heterocycles. The topological polar surface area (TPSA) is 55.1 Å². The molecule has 0 spiro atoms. The molecule has 4 nitrogen and oxygen atoms in total. The number of aromatic nitrogens is 2. The zero-order valence-electron chi connectivity index (χ0n) is 13.2. The lowest BCUT2D eigenvalue weighted by Gasteiger charge is -2.09. The van der Waals surface area contributed by atoms with Crippen molar-refractivity contribution in [3.63, 3.8) is 0 Å². The van der Waals surface area contributed by atoms with Crippen LogP contribution >= 0.6 is 0 Å². The van der Waals surface area contributed by atoms with Crippen molar-refractivity contribution in [1.29, 1.82) is 0 Å². The molecule has 0 aliphatic rings. The van der Waals surface area contributed by atoms with Gasteiger partial charge in [-0.05, 0) is 42.7 Å². The molecule has 0 aliphatic carbocycles. The van der Waals surface area contributed by atoms with E-state index in [1.807, 2.05) is 43.3 Å². The van der Waals surface area contributed by atoms with Gasteiger partial charge in [0.2, 0.25) is 0 Å². The highest BCUT2D eigenvalue weighted by atomic mass is 16.4. The monoisotopic (exact) mass is 306 g/mol. The van der Waals surface area contributed by atoms with Crippen LogP contribution in [0.25, 0.3) is 16.9 Å². The van der Waals surface area contributed by atoms with Gasteiger partial charge in [0.05, 0.1) is 11.4 Å². The van der Waals surface area contributed by atoms with Gasteiger partial charge >= 0.3 is 5.97 Å². The zero-order chi connectivity index (χ0) is 16.4. The van der Waals surface area contributed by atoms with Gasteiger partial charge in [-0.1, -0.05) is 43.3 Å². The molecule has 0 bridgehead atoms. The minimum absolute atomic E-state index is 0.0427. The fourth-order valence-electron chi connectivity index (χ4n) is 2.56. The third kappa shape index (κ3) is 3.01. The number of rotatable bonds is 4. The summed E-state index contributed by atoms with van der Waals surface area (Å²) >= 11 is 0. The second-order valence-corrected chi connectivity index (χ2v) is 5.52. The Balaban J connectivity index is 2.16. The van der Waals surface area contributed by atoms with E-state index in [1.165, 1.54) is 5.56 Å². The number of hydrogen-bond acceptors (Lipinski definition) is 2. The lowest BCUT2D eigenvalue weighted by Crippen LogP contribution is -2.02. The van der Waals surface area contributed by atoms with Gasteiger partial charge in [0.1, 0.15) is 0 Å². The number of aryl methyl sites for hydroxylation is 2. The van der Waals surface area contributed by atoms with E-state index in [0.717, 1.165) is 28.9 Å². The summed E-state index contributed by atoms with van der Waals surface area (Å²) in [5.41, 5.74) is 4.96. The Morgan fingerprint density at radius 1 is 1.13 bits per heavy atom. The average molecular weight is 306 g/mol. The van der Waals surface area contributed by atoms with Crippen LogP contribution in [0.15, 0.2) is 54.6 Å². The Kier molecular flexibility index (Phi) is 3.98. The van der Waals surface area contributed by atoms with Crippen molar-refractivity contribution in [2.45, 2.75) is 20.3 Å². The third-order valence-corrected chi connectivity index (χ3v) is 3.83. The summed E-state index contributed by atoms with van der Waals surface area (Å²) < 4.78 is 1.69. The fourth-order valence-corrected chi connectivity index (χ4v) is 2.56. The van der Waals surface area contributed by atoms with E-state index in [0.29, 0.717) is 0 Å². The summed E-state index contributed by atoms with van der Waals surface area (Å²) in [7, 11) is 0. The SMILES string of the molecule is CCc1ccc(-c2cc(C(=O)O)nn2-c2cccc(C)c2)cc1. The van der Waals surface area contributed by atoms with Gasteiger partial charge in [0.15, 0.2) is 5.69 Å². The van der Waals surface area contributed by atoms with Crippen molar-refractivity contribution in [3.8, 4) is 16.9 Å². The Labute approximate surface area is 135 Å². The van der Waals surface area contributed by atoms with Crippen LogP contribution in [0.1, 0.15) is 28.5 Å². The molecule has 116 valence electrons. The largest absolute Gasteiger partial charge is 0.476 e. The van der Waals surface area contributed by atoms with Crippen molar-refractivity contribution in [2.24, 2.45) is 0 Å². The minimum Gasteiger partial charge on any atom is -0.476 e. The molecule has 4 heteroatoms. The summed E-state index contributed by atoms with van der Waals surface area (Å²) in [6.45, 7) is 4.11. The summed E-state index contributed by atoms with van der Waals surface area (Å²) in [6.07, 6.45) is 0.970. The van der Waals surface area contributed by atoms with Gasteiger partial charge < -0.3 is 5.11 Å². The highest BCUT2D eigenvalue weighted by Crippen LogP contribution is 2.25. The molecule has 3 aromatic rings. The summed E-state index contributed by atoms with van der Waals surface area (Å²) in [6, 6.07) is 17.6. The second-order valence-electron chi connectivity index (χ2n) is 5.52. The van der Waals surface area contributed by atoms with Crippen LogP contribution in [-0.2, 0) is 6.42 Å². The number of carbonyl (C=O) groups is 1. The van der Waals surface area contributed by atoms with E-state index >= 15 is 0 Å². The van der Waals surface area contributed by atoms with E-state index in [9.17, 15) is 9.90 Å². The molecule has 23 heavy (non-hydrogen) atoms. The quantitative estimate of drug-likeness (QED) is 0.789. The standard InChI is InChI=1S/C19H18N2O2/c1-3-14-7-9-15(10-8-14)18-12-17(19(22)23)20-21(18)16-6-4-5-13(2)11-16/h4-12H,3H2,1-2H3,(H,22,23). The molecule has 1 heterocycles. The second kappa shape index (κ2) is 6.08. The maximum absolute atomic E-state index is 11.3. The van der Waals surface area contributed by atoms with E-state index in [4.69, 9.17) is 0 Å². The van der Waals surface area contributed by atoms with Crippen molar-refractivity contribution < 1.29 is 9.90 Å². The number of carboxylic acid groups (broad SMARTS) is 1. The van der Waals surface area contributed by atoms with Crippen LogP contribution in [-0.4, -0.2) is 20.9 Å². The molecule has 0 fully saturated rings. The van der Waals surface area contributed by atoms with Crippen molar-refractivity contribution in [2.75, 3.05) is 0 Å². The molecule has 0 saturated carbocycles. The molecule has 0 amide bonds. The van der Waals surface area contributed by atoms with Crippen molar-refractivity contribution >= 4 is 5.97 Å². The predicted molar refractivity (Wildman–Crippen MR) is 90.1 cm³/mol. The van der Waals surface area contributed by atoms with Gasteiger partial charge in [0, 0.05) is 5.56 Å². The summed E-state index contributed by atoms with van der Waals surface area (Å²) in [4.78, 5) is 11.3. The summed E-state index contributed by atoms with van der Waals surface area (Å²) in [5.74, 6) is -1.03. The first-order valence-electron chi connectivity index (χ1n) is 7.58. The molecule has 2 aromatic carbocycles. The average Bonchev–Trinajstić information content (AvgIpc) is 3.00. The molecule has 0 saturated heterocycles. The highest BCUT2D eigenvalue weighted by Gasteiger charge is 2.16. The summed E-state index contributed by atoms with van der Waals surface area (Å²) in [5, 5.41) is 13.5. The number of carboxylic acids is 1. The van der Waals surface area contributed by atoms with Gasteiger partial charge in [-0.2, -0.15) is 5.10 Å². The lowest BCUT2D eigenvalue weighted by molar-refractivity contribution is 0.0690. The van der Waals surface area contributed by atoms with Crippen molar-refractivity contribution in [3.05, 3.63) is 71.4 Å². The predicted octanol–water partition coefficient (Wildman–Crippen LogP) is 4.11. The molecular weight excluding hydrogens is 288 g/mol. The molecule has 0 atom stereocenters. The number of benzene rings is 2. The van der Waals surface area contributed by atoms with Crippen LogP contribution in [0.2, 0.25) is 0 Å². The van der Waals surface area contributed by atoms with E-state index in [2.05, 4.69) is 24.2 Å². The third-order valence-electron chi connectivity index (χ3n) is 3.83. The highest BCUT2D eigenvalue weighted by molar-refractivity contribution is 5.87. The van der Waals surface area contributed by atoms with E-state index in [-0.39, 0.29) is 5.69 Å². The molecule has 1 N–H and O–H groups in total. The van der Waals surface area contributed by atoms with Crippen molar-refractivity contribution in [1.82, 2.24) is 9.78 Å². The first-order chi connectivity index (χ1) is 11.1. The number of hydrogen-bond donors (Lipinski definition) is 1. The Morgan fingerprint density at radius 2 is 1.87 bits per heavy atom. The Bertz CT molecular complexity index is 848. The Morgan fingerprint density at radius 3 is 2.48 bits per heavy atom. The molecule has 3 rings (SSSR count). The minimum atomic E-state index is -1.03. The van der Waals surface area contributed by atoms with Gasteiger partial charge in [-0.25, -0.2) is 9.48 Å². The van der Waals surface area contributed by atoms with Crippen LogP contribution in [0.4, 0.5) is 0 Å². The number of aromatic carboxylic acids is 1. The maximum atomic E-state index is 11.3. The van der Waals surface area contributed by atoms with E-state index in [1.54, 1.807) is 10.7 Å². The van der Waals surface area contributed by atoms with Gasteiger partial charge in [0.25, 0.3) is 0 Å². The molecule has 0 unspecified atom stereocenters. The molecule has 0 radical (unpaired) electrons. The first-order valence-corrected chi connectivity index (χ1v) is 7.58. The van der Waals surface area contributed by atoms with Crippen LogP contribution < -0.4 is 0 Å². The molecular formula is C19H18N2O2. The number of nitrogens with zero attached hydrogens (tertiary/aromatic N) is 2. The van der Waals surface area contributed by atoms with Crippen LogP contribution in [0, 0.1) is 6.92 Å². The van der Waals surface area contributed by atoms with Gasteiger partial charge in [-0.15, -0.1) is 0 Å². The fraction of sp³-hybridized carbons (Fsp3) is 0.158. The zero-order valence-corrected chi connectivity index (χ0v) is 13.2. The smallest absolute Gasteiger partial charge is 0.356 e. The lowest BCUT2D eigenvalue weighted by atomic mass is 10.1. The first kappa shape index (κ1) is 15.0.